The van der Waals surface area contributed by atoms with Crippen LogP contribution in [-0.2, 0) is 4.79 Å². The first-order chi connectivity index (χ1) is 11.7. The van der Waals surface area contributed by atoms with Gasteiger partial charge in [-0.3, -0.25) is 4.79 Å². The predicted molar refractivity (Wildman–Crippen MR) is 96.2 cm³/mol. The molecule has 1 heterocycles. The van der Waals surface area contributed by atoms with Gasteiger partial charge in [0, 0.05) is 16.0 Å². The zero-order valence-corrected chi connectivity index (χ0v) is 14.1. The Morgan fingerprint density at radius 2 is 1.83 bits per heavy atom. The molecule has 0 saturated carbocycles. The van der Waals surface area contributed by atoms with Crippen LogP contribution in [0.5, 0.6) is 11.5 Å². The van der Waals surface area contributed by atoms with Crippen LogP contribution in [0.15, 0.2) is 48.5 Å². The van der Waals surface area contributed by atoms with Gasteiger partial charge in [0.1, 0.15) is 11.5 Å². The van der Waals surface area contributed by atoms with Crippen LogP contribution in [0.1, 0.15) is 12.8 Å². The molecule has 0 aliphatic heterocycles. The molecule has 0 amide bonds. The van der Waals surface area contributed by atoms with Crippen molar-refractivity contribution in [2.24, 2.45) is 0 Å². The summed E-state index contributed by atoms with van der Waals surface area (Å²) in [7, 11) is 1.67. The van der Waals surface area contributed by atoms with E-state index in [0.29, 0.717) is 13.0 Å². The minimum absolute atomic E-state index is 0.128. The zero-order valence-electron chi connectivity index (χ0n) is 13.3. The number of ether oxygens (including phenoxy) is 2. The van der Waals surface area contributed by atoms with E-state index in [9.17, 15) is 4.79 Å². The summed E-state index contributed by atoms with van der Waals surface area (Å²) in [6.07, 6.45) is 0.637. The molecule has 0 radical (unpaired) electrons. The number of hydrogen-bond acceptors (Lipinski definition) is 4. The van der Waals surface area contributed by atoms with E-state index in [-0.39, 0.29) is 6.42 Å². The van der Waals surface area contributed by atoms with E-state index >= 15 is 0 Å². The van der Waals surface area contributed by atoms with Crippen molar-refractivity contribution in [1.29, 1.82) is 0 Å². The molecule has 5 heteroatoms. The van der Waals surface area contributed by atoms with Gasteiger partial charge in [-0.2, -0.15) is 0 Å². The van der Waals surface area contributed by atoms with E-state index in [0.717, 1.165) is 17.1 Å². The molecule has 24 heavy (non-hydrogen) atoms. The van der Waals surface area contributed by atoms with Crippen LogP contribution in [0, 0.1) is 0 Å². The summed E-state index contributed by atoms with van der Waals surface area (Å²) >= 11 is 1.74. The summed E-state index contributed by atoms with van der Waals surface area (Å²) in [6, 6.07) is 16.1. The van der Waals surface area contributed by atoms with Crippen molar-refractivity contribution >= 4 is 27.4 Å². The van der Waals surface area contributed by atoms with Crippen molar-refractivity contribution < 1.29 is 19.4 Å². The number of methoxy groups -OCH3 is 1. The van der Waals surface area contributed by atoms with Crippen LogP contribution in [-0.4, -0.2) is 24.8 Å². The zero-order chi connectivity index (χ0) is 16.9. The first-order valence-corrected chi connectivity index (χ1v) is 8.50. The van der Waals surface area contributed by atoms with Gasteiger partial charge < -0.3 is 14.6 Å². The van der Waals surface area contributed by atoms with Crippen molar-refractivity contribution in [1.82, 2.24) is 0 Å². The van der Waals surface area contributed by atoms with Crippen LogP contribution in [0.2, 0.25) is 0 Å². The monoisotopic (exact) mass is 342 g/mol. The lowest BCUT2D eigenvalue weighted by molar-refractivity contribution is -0.137. The maximum Gasteiger partial charge on any atom is 0.303 e. The quantitative estimate of drug-likeness (QED) is 0.625. The summed E-state index contributed by atoms with van der Waals surface area (Å²) in [4.78, 5) is 11.7. The number of fused-ring (bicyclic) bond motifs is 1. The third-order valence-electron chi connectivity index (χ3n) is 3.67. The molecule has 0 fully saturated rings. The van der Waals surface area contributed by atoms with E-state index < -0.39 is 5.97 Å². The molecule has 0 bridgehead atoms. The molecule has 3 rings (SSSR count). The molecular weight excluding hydrogens is 324 g/mol. The Kier molecular flexibility index (Phi) is 5.01. The summed E-state index contributed by atoms with van der Waals surface area (Å²) in [6.45, 7) is 0.411. The number of carboxylic acid groups (broad SMARTS) is 1. The molecule has 4 nitrogen and oxygen atoms in total. The molecule has 0 spiro atoms. The molecule has 124 valence electrons. The Morgan fingerprint density at radius 1 is 1.08 bits per heavy atom. The normalized spacial score (nSPS) is 10.7. The van der Waals surface area contributed by atoms with Gasteiger partial charge in [-0.25, -0.2) is 0 Å². The summed E-state index contributed by atoms with van der Waals surface area (Å²) < 4.78 is 12.0. The first kappa shape index (κ1) is 16.3. The van der Waals surface area contributed by atoms with E-state index in [1.165, 1.54) is 15.0 Å². The van der Waals surface area contributed by atoms with Crippen LogP contribution >= 0.6 is 11.3 Å². The third kappa shape index (κ3) is 3.86. The highest BCUT2D eigenvalue weighted by Crippen LogP contribution is 2.35. The van der Waals surface area contributed by atoms with Gasteiger partial charge in [-0.05, 0) is 65.9 Å². The second-order valence-corrected chi connectivity index (χ2v) is 6.47. The van der Waals surface area contributed by atoms with Crippen molar-refractivity contribution in [3.8, 4) is 21.9 Å². The molecular formula is C19H18O4S. The second kappa shape index (κ2) is 7.36. The highest BCUT2D eigenvalue weighted by Gasteiger charge is 2.06. The SMILES string of the molecule is COc1ccc2sc(-c3ccc(OCCCC(=O)O)cc3)cc2c1. The van der Waals surface area contributed by atoms with Crippen molar-refractivity contribution in [3.63, 3.8) is 0 Å². The molecule has 0 saturated heterocycles. The van der Waals surface area contributed by atoms with E-state index in [1.807, 2.05) is 36.4 Å². The second-order valence-electron chi connectivity index (χ2n) is 5.38. The first-order valence-electron chi connectivity index (χ1n) is 7.68. The number of rotatable bonds is 7. The Morgan fingerprint density at radius 3 is 2.54 bits per heavy atom. The van der Waals surface area contributed by atoms with Gasteiger partial charge in [-0.1, -0.05) is 0 Å². The average molecular weight is 342 g/mol. The van der Waals surface area contributed by atoms with Gasteiger partial charge in [0.05, 0.1) is 13.7 Å². The molecule has 1 aromatic heterocycles. The van der Waals surface area contributed by atoms with Gasteiger partial charge in [-0.15, -0.1) is 11.3 Å². The number of hydrogen-bond donors (Lipinski definition) is 1. The number of benzene rings is 2. The Labute approximate surface area is 144 Å². The fraction of sp³-hybridized carbons (Fsp3) is 0.211. The predicted octanol–water partition coefficient (Wildman–Crippen LogP) is 4.82. The maximum atomic E-state index is 10.5. The molecule has 3 aromatic rings. The average Bonchev–Trinajstić information content (AvgIpc) is 3.02. The third-order valence-corrected chi connectivity index (χ3v) is 4.83. The fourth-order valence-electron chi connectivity index (χ4n) is 2.42. The minimum atomic E-state index is -0.796. The molecule has 0 aliphatic rings. The van der Waals surface area contributed by atoms with Crippen LogP contribution in [0.4, 0.5) is 0 Å². The minimum Gasteiger partial charge on any atom is -0.497 e. The Hall–Kier alpha value is -2.53. The highest BCUT2D eigenvalue weighted by atomic mass is 32.1. The van der Waals surface area contributed by atoms with Crippen LogP contribution in [0.3, 0.4) is 0 Å². The fourth-order valence-corrected chi connectivity index (χ4v) is 3.47. The molecule has 0 unspecified atom stereocenters. The van der Waals surface area contributed by atoms with E-state index in [4.69, 9.17) is 14.6 Å². The lowest BCUT2D eigenvalue weighted by Gasteiger charge is -2.05. The smallest absolute Gasteiger partial charge is 0.303 e. The summed E-state index contributed by atoms with van der Waals surface area (Å²) in [5.74, 6) is 0.819. The number of aliphatic carboxylic acids is 1. The standard InChI is InChI=1S/C19H18O4S/c1-22-16-8-9-17-14(11-16)12-18(24-17)13-4-6-15(7-5-13)23-10-2-3-19(20)21/h4-9,11-12H,2-3,10H2,1H3,(H,20,21). The maximum absolute atomic E-state index is 10.5. The number of carbonyl (C=O) groups is 1. The lowest BCUT2D eigenvalue weighted by Crippen LogP contribution is -2.01. The summed E-state index contributed by atoms with van der Waals surface area (Å²) in [5, 5.41) is 9.77. The van der Waals surface area contributed by atoms with E-state index in [2.05, 4.69) is 12.1 Å². The van der Waals surface area contributed by atoms with Crippen LogP contribution < -0.4 is 9.47 Å². The van der Waals surface area contributed by atoms with E-state index in [1.54, 1.807) is 18.4 Å². The van der Waals surface area contributed by atoms with Gasteiger partial charge in [0.2, 0.25) is 0 Å². The molecule has 0 atom stereocenters. The largest absolute Gasteiger partial charge is 0.497 e. The topological polar surface area (TPSA) is 55.8 Å². The molecule has 1 N–H and O–H groups in total. The van der Waals surface area contributed by atoms with Gasteiger partial charge >= 0.3 is 5.97 Å². The Balaban J connectivity index is 1.70. The molecule has 2 aromatic carbocycles. The highest BCUT2D eigenvalue weighted by molar-refractivity contribution is 7.22. The Bertz CT molecular complexity index is 836. The van der Waals surface area contributed by atoms with Crippen molar-refractivity contribution in [2.45, 2.75) is 12.8 Å². The van der Waals surface area contributed by atoms with Crippen LogP contribution in [0.25, 0.3) is 20.5 Å². The van der Waals surface area contributed by atoms with Gasteiger partial charge in [0.25, 0.3) is 0 Å². The van der Waals surface area contributed by atoms with Crippen molar-refractivity contribution in [2.75, 3.05) is 13.7 Å². The number of thiophene rings is 1. The summed E-state index contributed by atoms with van der Waals surface area (Å²) in [5.41, 5.74) is 1.13. The lowest BCUT2D eigenvalue weighted by atomic mass is 10.1. The van der Waals surface area contributed by atoms with Gasteiger partial charge in [0.15, 0.2) is 0 Å². The van der Waals surface area contributed by atoms with Crippen molar-refractivity contribution in [3.05, 3.63) is 48.5 Å². The molecule has 0 aliphatic carbocycles. The number of carboxylic acids is 1.